The summed E-state index contributed by atoms with van der Waals surface area (Å²) in [6, 6.07) is 8.43. The van der Waals surface area contributed by atoms with Crippen LogP contribution in [0.1, 0.15) is 58.9 Å². The molecule has 122 valence electrons. The number of likely N-dealkylation sites (tertiary alicyclic amines) is 1. The quantitative estimate of drug-likeness (QED) is 0.793. The third-order valence-electron chi connectivity index (χ3n) is 4.21. The van der Waals surface area contributed by atoms with Crippen LogP contribution in [0.25, 0.3) is 0 Å². The van der Waals surface area contributed by atoms with Crippen LogP contribution in [0.2, 0.25) is 0 Å². The van der Waals surface area contributed by atoms with Crippen LogP contribution in [0, 0.1) is 0 Å². The Morgan fingerprint density at radius 1 is 1.14 bits per heavy atom. The zero-order chi connectivity index (χ0) is 16.5. The minimum atomic E-state index is -0.454. The van der Waals surface area contributed by atoms with E-state index in [2.05, 4.69) is 26.0 Å². The molecule has 1 aliphatic rings. The smallest absolute Gasteiger partial charge is 0.410 e. The zero-order valence-corrected chi connectivity index (χ0v) is 14.3. The second kappa shape index (κ2) is 6.19. The van der Waals surface area contributed by atoms with Crippen LogP contribution in [-0.4, -0.2) is 28.7 Å². The van der Waals surface area contributed by atoms with E-state index in [0.29, 0.717) is 5.92 Å². The third kappa shape index (κ3) is 3.93. The van der Waals surface area contributed by atoms with Gasteiger partial charge in [-0.3, -0.25) is 0 Å². The summed E-state index contributed by atoms with van der Waals surface area (Å²) in [5.41, 5.74) is 7.40. The standard InChI is InChI=1S/C18H28N2O2/c1-12-10-15(14-6-8-16(19)9-7-14)11-13(2)20(12)17(21)22-18(3,4)5/h6-9,12-13,15H,10-11,19H2,1-5H3/t12-,13+,15?. The van der Waals surface area contributed by atoms with Crippen LogP contribution in [0.4, 0.5) is 10.5 Å². The molecule has 1 unspecified atom stereocenters. The molecule has 22 heavy (non-hydrogen) atoms. The maximum absolute atomic E-state index is 12.4. The molecule has 3 atom stereocenters. The van der Waals surface area contributed by atoms with Gasteiger partial charge in [0.2, 0.25) is 0 Å². The fourth-order valence-electron chi connectivity index (χ4n) is 3.30. The summed E-state index contributed by atoms with van der Waals surface area (Å²) in [6.07, 6.45) is 1.70. The Hall–Kier alpha value is -1.71. The van der Waals surface area contributed by atoms with E-state index in [0.717, 1.165) is 18.5 Å². The molecule has 0 spiro atoms. The Kier molecular flexibility index (Phi) is 4.69. The summed E-state index contributed by atoms with van der Waals surface area (Å²) >= 11 is 0. The molecule has 4 nitrogen and oxygen atoms in total. The highest BCUT2D eigenvalue weighted by Gasteiger charge is 2.36. The van der Waals surface area contributed by atoms with Crippen molar-refractivity contribution in [1.29, 1.82) is 0 Å². The second-order valence-corrected chi connectivity index (χ2v) is 7.42. The Morgan fingerprint density at radius 2 is 1.64 bits per heavy atom. The van der Waals surface area contributed by atoms with Gasteiger partial charge < -0.3 is 15.4 Å². The van der Waals surface area contributed by atoms with Crippen molar-refractivity contribution >= 4 is 11.8 Å². The van der Waals surface area contributed by atoms with Crippen LogP contribution < -0.4 is 5.73 Å². The van der Waals surface area contributed by atoms with E-state index in [1.54, 1.807) is 0 Å². The van der Waals surface area contributed by atoms with Crippen molar-refractivity contribution in [2.24, 2.45) is 0 Å². The van der Waals surface area contributed by atoms with E-state index in [9.17, 15) is 4.79 Å². The monoisotopic (exact) mass is 304 g/mol. The number of rotatable bonds is 1. The number of nitrogens with two attached hydrogens (primary N) is 1. The predicted octanol–water partition coefficient (Wildman–Crippen LogP) is 4.16. The Morgan fingerprint density at radius 3 is 2.09 bits per heavy atom. The van der Waals surface area contributed by atoms with Gasteiger partial charge in [-0.05, 0) is 71.1 Å². The SMILES string of the molecule is C[C@@H]1CC(c2ccc(N)cc2)C[C@H](C)N1C(=O)OC(C)(C)C. The predicted molar refractivity (Wildman–Crippen MR) is 89.8 cm³/mol. The molecule has 1 aliphatic heterocycles. The molecule has 1 aromatic carbocycles. The first-order valence-electron chi connectivity index (χ1n) is 8.04. The van der Waals surface area contributed by atoms with E-state index >= 15 is 0 Å². The number of carbonyl (C=O) groups excluding carboxylic acids is 1. The highest BCUT2D eigenvalue weighted by atomic mass is 16.6. The molecular formula is C18H28N2O2. The topological polar surface area (TPSA) is 55.6 Å². The Labute approximate surface area is 133 Å². The Bertz CT molecular complexity index is 507. The molecule has 0 radical (unpaired) electrons. The molecule has 2 rings (SSSR count). The van der Waals surface area contributed by atoms with Crippen molar-refractivity contribution in [2.75, 3.05) is 5.73 Å². The van der Waals surface area contributed by atoms with Crippen LogP contribution in [0.3, 0.4) is 0 Å². The van der Waals surface area contributed by atoms with Gasteiger partial charge in [-0.2, -0.15) is 0 Å². The summed E-state index contributed by atoms with van der Waals surface area (Å²) in [7, 11) is 0. The zero-order valence-electron chi connectivity index (χ0n) is 14.3. The molecule has 1 saturated heterocycles. The van der Waals surface area contributed by atoms with Crippen LogP contribution >= 0.6 is 0 Å². The number of amides is 1. The first-order chi connectivity index (χ1) is 10.2. The van der Waals surface area contributed by atoms with Crippen molar-refractivity contribution in [2.45, 2.75) is 71.1 Å². The fourth-order valence-corrected chi connectivity index (χ4v) is 3.30. The average molecular weight is 304 g/mol. The lowest BCUT2D eigenvalue weighted by molar-refractivity contribution is -0.00254. The lowest BCUT2D eigenvalue weighted by Gasteiger charge is -2.43. The number of nitrogen functional groups attached to an aromatic ring is 1. The van der Waals surface area contributed by atoms with Crippen molar-refractivity contribution in [3.8, 4) is 0 Å². The highest BCUT2D eigenvalue weighted by molar-refractivity contribution is 5.69. The van der Waals surface area contributed by atoms with Crippen molar-refractivity contribution in [3.63, 3.8) is 0 Å². The maximum Gasteiger partial charge on any atom is 0.410 e. The highest BCUT2D eigenvalue weighted by Crippen LogP contribution is 2.36. The summed E-state index contributed by atoms with van der Waals surface area (Å²) in [5.74, 6) is 0.462. The normalized spacial score (nSPS) is 25.9. The van der Waals surface area contributed by atoms with Crippen molar-refractivity contribution in [1.82, 2.24) is 4.90 Å². The third-order valence-corrected chi connectivity index (χ3v) is 4.21. The van der Waals surface area contributed by atoms with Gasteiger partial charge in [0.15, 0.2) is 0 Å². The molecule has 1 heterocycles. The number of carbonyl (C=O) groups is 1. The van der Waals surface area contributed by atoms with Gasteiger partial charge in [0, 0.05) is 17.8 Å². The summed E-state index contributed by atoms with van der Waals surface area (Å²) in [5, 5.41) is 0. The minimum absolute atomic E-state index is 0.168. The number of piperidine rings is 1. The molecule has 1 fully saturated rings. The molecule has 0 saturated carbocycles. The van der Waals surface area contributed by atoms with E-state index in [4.69, 9.17) is 10.5 Å². The lowest BCUT2D eigenvalue weighted by atomic mass is 9.82. The fraction of sp³-hybridized carbons (Fsp3) is 0.611. The number of benzene rings is 1. The molecule has 2 N–H and O–H groups in total. The van der Waals surface area contributed by atoms with Crippen LogP contribution in [0.15, 0.2) is 24.3 Å². The first kappa shape index (κ1) is 16.7. The largest absolute Gasteiger partial charge is 0.444 e. The maximum atomic E-state index is 12.4. The first-order valence-corrected chi connectivity index (χ1v) is 8.04. The summed E-state index contributed by atoms with van der Waals surface area (Å²) < 4.78 is 5.55. The van der Waals surface area contributed by atoms with Gasteiger partial charge in [-0.15, -0.1) is 0 Å². The van der Waals surface area contributed by atoms with E-state index in [-0.39, 0.29) is 18.2 Å². The Balaban J connectivity index is 2.08. The van der Waals surface area contributed by atoms with Gasteiger partial charge in [0.1, 0.15) is 5.60 Å². The second-order valence-electron chi connectivity index (χ2n) is 7.42. The van der Waals surface area contributed by atoms with Crippen LogP contribution in [-0.2, 0) is 4.74 Å². The molecule has 4 heteroatoms. The molecular weight excluding hydrogens is 276 g/mol. The van der Waals surface area contributed by atoms with E-state index in [1.807, 2.05) is 37.8 Å². The summed E-state index contributed by atoms with van der Waals surface area (Å²) in [6.45, 7) is 9.91. The van der Waals surface area contributed by atoms with E-state index in [1.165, 1.54) is 5.56 Å². The van der Waals surface area contributed by atoms with Gasteiger partial charge >= 0.3 is 6.09 Å². The molecule has 0 aromatic heterocycles. The molecule has 1 amide bonds. The van der Waals surface area contributed by atoms with Crippen molar-refractivity contribution in [3.05, 3.63) is 29.8 Å². The number of hydrogen-bond acceptors (Lipinski definition) is 3. The van der Waals surface area contributed by atoms with Gasteiger partial charge in [-0.25, -0.2) is 4.79 Å². The summed E-state index contributed by atoms with van der Waals surface area (Å²) in [4.78, 5) is 14.3. The molecule has 0 bridgehead atoms. The van der Waals surface area contributed by atoms with E-state index < -0.39 is 5.60 Å². The number of ether oxygens (including phenoxy) is 1. The van der Waals surface area contributed by atoms with Gasteiger partial charge in [0.05, 0.1) is 0 Å². The number of hydrogen-bond donors (Lipinski definition) is 1. The van der Waals surface area contributed by atoms with Crippen molar-refractivity contribution < 1.29 is 9.53 Å². The van der Waals surface area contributed by atoms with Gasteiger partial charge in [-0.1, -0.05) is 12.1 Å². The van der Waals surface area contributed by atoms with Crippen LogP contribution in [0.5, 0.6) is 0 Å². The minimum Gasteiger partial charge on any atom is -0.444 e. The van der Waals surface area contributed by atoms with Gasteiger partial charge in [0.25, 0.3) is 0 Å². The molecule has 0 aliphatic carbocycles. The lowest BCUT2D eigenvalue weighted by Crippen LogP contribution is -2.51. The number of nitrogens with zero attached hydrogens (tertiary/aromatic N) is 1. The average Bonchev–Trinajstić information content (AvgIpc) is 2.36. The molecule has 1 aromatic rings. The number of anilines is 1.